The number of nitrogens with zero attached hydrogens (tertiary/aromatic N) is 1. The average molecular weight is 290 g/mol. The monoisotopic (exact) mass is 290 g/mol. The van der Waals surface area contributed by atoms with Gasteiger partial charge in [0.05, 0.1) is 5.56 Å². The number of amides is 1. The van der Waals surface area contributed by atoms with Gasteiger partial charge in [-0.2, -0.15) is 0 Å². The lowest BCUT2D eigenvalue weighted by atomic mass is 9.82. The molecule has 1 atom stereocenters. The molecule has 21 heavy (non-hydrogen) atoms. The fraction of sp³-hybridized carbons (Fsp3) is 0.647. The zero-order chi connectivity index (χ0) is 15.2. The number of aromatic nitrogens is 1. The lowest BCUT2D eigenvalue weighted by molar-refractivity contribution is 0.0908. The molecule has 0 saturated heterocycles. The Morgan fingerprint density at radius 1 is 1.33 bits per heavy atom. The smallest absolute Gasteiger partial charge is 0.252 e. The predicted octanol–water partition coefficient (Wildman–Crippen LogP) is 2.86. The zero-order valence-electron chi connectivity index (χ0n) is 13.1. The number of carbonyl (C=O) groups is 1. The molecule has 1 aromatic rings. The summed E-state index contributed by atoms with van der Waals surface area (Å²) in [5, 5.41) is 3.20. The molecule has 1 unspecified atom stereocenters. The van der Waals surface area contributed by atoms with Crippen molar-refractivity contribution in [3.05, 3.63) is 34.2 Å². The number of hydrogen-bond donors (Lipinski definition) is 1. The van der Waals surface area contributed by atoms with Gasteiger partial charge >= 0.3 is 0 Å². The van der Waals surface area contributed by atoms with Crippen molar-refractivity contribution < 1.29 is 4.79 Å². The normalized spacial score (nSPS) is 17.4. The second-order valence-corrected chi connectivity index (χ2v) is 6.13. The van der Waals surface area contributed by atoms with Gasteiger partial charge in [0.2, 0.25) is 5.56 Å². The van der Waals surface area contributed by atoms with E-state index in [-0.39, 0.29) is 17.5 Å². The van der Waals surface area contributed by atoms with Crippen molar-refractivity contribution in [3.63, 3.8) is 0 Å². The molecular formula is C17H26N2O2. The maximum Gasteiger partial charge on any atom is 0.252 e. The second-order valence-electron chi connectivity index (χ2n) is 6.13. The number of carbonyl (C=O) groups excluding carboxylic acids is 1. The van der Waals surface area contributed by atoms with Crippen LogP contribution in [0.1, 0.15) is 62.2 Å². The van der Waals surface area contributed by atoms with Crippen LogP contribution in [0.2, 0.25) is 0 Å². The Morgan fingerprint density at radius 3 is 2.67 bits per heavy atom. The standard InChI is InChI=1S/C17H26N2O2/c1-3-7-15(13-8-5-4-6-9-13)18-17(21)14-10-11-16(20)19(2)12-14/h10-13,15H,3-9H2,1-2H3,(H,18,21). The van der Waals surface area contributed by atoms with Gasteiger partial charge in [0.25, 0.3) is 5.91 Å². The minimum absolute atomic E-state index is 0.0605. The van der Waals surface area contributed by atoms with Gasteiger partial charge in [-0.3, -0.25) is 9.59 Å². The topological polar surface area (TPSA) is 51.1 Å². The third-order valence-corrected chi connectivity index (χ3v) is 4.48. The lowest BCUT2D eigenvalue weighted by Crippen LogP contribution is -2.41. The largest absolute Gasteiger partial charge is 0.349 e. The highest BCUT2D eigenvalue weighted by Crippen LogP contribution is 2.28. The summed E-state index contributed by atoms with van der Waals surface area (Å²) < 4.78 is 1.45. The minimum Gasteiger partial charge on any atom is -0.349 e. The number of nitrogens with one attached hydrogen (secondary N) is 1. The van der Waals surface area contributed by atoms with Gasteiger partial charge in [0, 0.05) is 25.4 Å². The fourth-order valence-corrected chi connectivity index (χ4v) is 3.25. The van der Waals surface area contributed by atoms with Gasteiger partial charge in [-0.25, -0.2) is 0 Å². The Labute approximate surface area is 126 Å². The highest BCUT2D eigenvalue weighted by atomic mass is 16.2. The van der Waals surface area contributed by atoms with Crippen molar-refractivity contribution in [2.75, 3.05) is 0 Å². The summed E-state index contributed by atoms with van der Waals surface area (Å²) in [5.41, 5.74) is 0.470. The lowest BCUT2D eigenvalue weighted by Gasteiger charge is -2.31. The summed E-state index contributed by atoms with van der Waals surface area (Å²) in [7, 11) is 1.67. The van der Waals surface area contributed by atoms with Gasteiger partial charge in [-0.05, 0) is 31.2 Å². The van der Waals surface area contributed by atoms with Gasteiger partial charge in [-0.1, -0.05) is 32.6 Å². The molecular weight excluding hydrogens is 264 g/mol. The number of pyridine rings is 1. The second kappa shape index (κ2) is 7.43. The van der Waals surface area contributed by atoms with Crippen LogP contribution in [-0.2, 0) is 7.05 Å². The summed E-state index contributed by atoms with van der Waals surface area (Å²) in [5.74, 6) is 0.546. The van der Waals surface area contributed by atoms with Crippen molar-refractivity contribution in [3.8, 4) is 0 Å². The Bertz CT molecular complexity index is 530. The molecule has 1 aliphatic rings. The van der Waals surface area contributed by atoms with E-state index in [4.69, 9.17) is 0 Å². The van der Waals surface area contributed by atoms with E-state index >= 15 is 0 Å². The quantitative estimate of drug-likeness (QED) is 0.906. The van der Waals surface area contributed by atoms with Crippen molar-refractivity contribution >= 4 is 5.91 Å². The first kappa shape index (κ1) is 15.8. The van der Waals surface area contributed by atoms with E-state index in [1.165, 1.54) is 42.7 Å². The molecule has 0 bridgehead atoms. The number of aryl methyl sites for hydroxylation is 1. The number of hydrogen-bond acceptors (Lipinski definition) is 2. The molecule has 116 valence electrons. The molecule has 0 spiro atoms. The predicted molar refractivity (Wildman–Crippen MR) is 84.4 cm³/mol. The van der Waals surface area contributed by atoms with E-state index in [0.717, 1.165) is 12.8 Å². The molecule has 1 heterocycles. The van der Waals surface area contributed by atoms with Crippen LogP contribution >= 0.6 is 0 Å². The van der Waals surface area contributed by atoms with Crippen LogP contribution in [0.3, 0.4) is 0 Å². The van der Waals surface area contributed by atoms with Gasteiger partial charge < -0.3 is 9.88 Å². The van der Waals surface area contributed by atoms with Crippen molar-refractivity contribution in [1.82, 2.24) is 9.88 Å². The Hall–Kier alpha value is -1.58. The molecule has 0 aliphatic heterocycles. The molecule has 4 heteroatoms. The highest BCUT2D eigenvalue weighted by molar-refractivity contribution is 5.94. The average Bonchev–Trinajstić information content (AvgIpc) is 2.50. The summed E-state index contributed by atoms with van der Waals surface area (Å²) in [6, 6.07) is 3.33. The zero-order valence-corrected chi connectivity index (χ0v) is 13.1. The van der Waals surface area contributed by atoms with Crippen molar-refractivity contribution in [2.45, 2.75) is 57.9 Å². The van der Waals surface area contributed by atoms with Crippen molar-refractivity contribution in [1.29, 1.82) is 0 Å². The molecule has 1 amide bonds. The van der Waals surface area contributed by atoms with E-state index in [1.54, 1.807) is 19.3 Å². The van der Waals surface area contributed by atoms with Crippen LogP contribution < -0.4 is 10.9 Å². The molecule has 1 N–H and O–H groups in total. The van der Waals surface area contributed by atoms with Gasteiger partial charge in [0.15, 0.2) is 0 Å². The third-order valence-electron chi connectivity index (χ3n) is 4.48. The van der Waals surface area contributed by atoms with Gasteiger partial charge in [-0.15, -0.1) is 0 Å². The van der Waals surface area contributed by atoms with Crippen LogP contribution in [0, 0.1) is 5.92 Å². The van der Waals surface area contributed by atoms with Crippen LogP contribution in [0.15, 0.2) is 23.1 Å². The first-order chi connectivity index (χ1) is 10.1. The summed E-state index contributed by atoms with van der Waals surface area (Å²) in [6.45, 7) is 2.16. The summed E-state index contributed by atoms with van der Waals surface area (Å²) in [4.78, 5) is 23.8. The van der Waals surface area contributed by atoms with Crippen molar-refractivity contribution in [2.24, 2.45) is 13.0 Å². The van der Waals surface area contributed by atoms with E-state index in [2.05, 4.69) is 12.2 Å². The molecule has 1 aromatic heterocycles. The maximum absolute atomic E-state index is 12.4. The van der Waals surface area contributed by atoms with Crippen LogP contribution in [0.4, 0.5) is 0 Å². The van der Waals surface area contributed by atoms with Crippen LogP contribution in [0.25, 0.3) is 0 Å². The SMILES string of the molecule is CCCC(NC(=O)c1ccc(=O)n(C)c1)C1CCCCC1. The van der Waals surface area contributed by atoms with Crippen LogP contribution in [-0.4, -0.2) is 16.5 Å². The summed E-state index contributed by atoms with van der Waals surface area (Å²) in [6.07, 6.45) is 10.0. The molecule has 0 radical (unpaired) electrons. The van der Waals surface area contributed by atoms with E-state index in [9.17, 15) is 9.59 Å². The fourth-order valence-electron chi connectivity index (χ4n) is 3.25. The Morgan fingerprint density at radius 2 is 2.05 bits per heavy atom. The number of rotatable bonds is 5. The molecule has 0 aromatic carbocycles. The summed E-state index contributed by atoms with van der Waals surface area (Å²) >= 11 is 0. The van der Waals surface area contributed by atoms with Gasteiger partial charge in [0.1, 0.15) is 0 Å². The third kappa shape index (κ3) is 4.19. The molecule has 1 fully saturated rings. The highest BCUT2D eigenvalue weighted by Gasteiger charge is 2.24. The first-order valence-corrected chi connectivity index (χ1v) is 8.09. The van der Waals surface area contributed by atoms with E-state index in [0.29, 0.717) is 11.5 Å². The first-order valence-electron chi connectivity index (χ1n) is 8.09. The minimum atomic E-state index is -0.0936. The Balaban J connectivity index is 2.06. The molecule has 1 saturated carbocycles. The van der Waals surface area contributed by atoms with E-state index in [1.807, 2.05) is 0 Å². The molecule has 2 rings (SSSR count). The van der Waals surface area contributed by atoms with Crippen LogP contribution in [0.5, 0.6) is 0 Å². The Kier molecular flexibility index (Phi) is 5.59. The molecule has 1 aliphatic carbocycles. The maximum atomic E-state index is 12.4. The molecule has 4 nitrogen and oxygen atoms in total. The van der Waals surface area contributed by atoms with E-state index < -0.39 is 0 Å².